The number of carbonyl (C=O) groups is 1. The maximum Gasteiger partial charge on any atom is 0.319 e. The van der Waals surface area contributed by atoms with Crippen molar-refractivity contribution < 1.29 is 15.0 Å². The summed E-state index contributed by atoms with van der Waals surface area (Å²) in [5.74, 6) is -0.794. The lowest BCUT2D eigenvalue weighted by molar-refractivity contribution is -0.145. The molecule has 0 amide bonds. The fourth-order valence-electron chi connectivity index (χ4n) is 1.59. The Hall–Kier alpha value is -0.220. The quantitative estimate of drug-likeness (QED) is 0.715. The van der Waals surface area contributed by atoms with Gasteiger partial charge in [-0.25, -0.2) is 0 Å². The highest BCUT2D eigenvalue weighted by molar-refractivity contribution is 8.02. The van der Waals surface area contributed by atoms with Gasteiger partial charge in [0.1, 0.15) is 4.75 Å². The molecule has 0 atom stereocenters. The Balaban J connectivity index is 2.66. The van der Waals surface area contributed by atoms with Crippen molar-refractivity contribution >= 4 is 17.7 Å². The Labute approximate surface area is 82.5 Å². The van der Waals surface area contributed by atoms with Crippen molar-refractivity contribution in [2.45, 2.75) is 49.2 Å². The molecule has 2 N–H and O–H groups in total. The van der Waals surface area contributed by atoms with Crippen molar-refractivity contribution in [1.82, 2.24) is 0 Å². The summed E-state index contributed by atoms with van der Waals surface area (Å²) in [5.41, 5.74) is 0. The molecule has 3 nitrogen and oxygen atoms in total. The molecule has 4 heteroatoms. The Morgan fingerprint density at radius 3 is 2.15 bits per heavy atom. The summed E-state index contributed by atoms with van der Waals surface area (Å²) >= 11 is 1.44. The molecule has 0 aromatic carbocycles. The van der Waals surface area contributed by atoms with Crippen LogP contribution in [0.5, 0.6) is 0 Å². The highest BCUT2D eigenvalue weighted by atomic mass is 32.2. The predicted molar refractivity (Wildman–Crippen MR) is 53.0 cm³/mol. The van der Waals surface area contributed by atoms with Gasteiger partial charge in [-0.15, -0.1) is 11.8 Å². The number of aliphatic hydroxyl groups is 1. The second-order valence-corrected chi connectivity index (χ2v) is 6.79. The van der Waals surface area contributed by atoms with Crippen molar-refractivity contribution in [3.63, 3.8) is 0 Å². The van der Waals surface area contributed by atoms with Gasteiger partial charge in [-0.1, -0.05) is 20.8 Å². The van der Waals surface area contributed by atoms with E-state index in [1.54, 1.807) is 0 Å². The zero-order valence-corrected chi connectivity index (χ0v) is 9.02. The van der Waals surface area contributed by atoms with Crippen LogP contribution in [0.15, 0.2) is 0 Å². The van der Waals surface area contributed by atoms with Gasteiger partial charge in [0, 0.05) is 4.75 Å². The third-order valence-corrected chi connectivity index (χ3v) is 3.53. The van der Waals surface area contributed by atoms with Crippen molar-refractivity contribution in [2.24, 2.45) is 0 Å². The number of hydrogen-bond donors (Lipinski definition) is 2. The molecule has 0 unspecified atom stereocenters. The summed E-state index contributed by atoms with van der Waals surface area (Å²) in [7, 11) is 0. The molecule has 0 aromatic heterocycles. The second kappa shape index (κ2) is 3.17. The average molecular weight is 204 g/mol. The summed E-state index contributed by atoms with van der Waals surface area (Å²) in [6.07, 6.45) is 0.333. The summed E-state index contributed by atoms with van der Waals surface area (Å²) in [6.45, 7) is 5.98. The zero-order chi connectivity index (χ0) is 10.3. The first kappa shape index (κ1) is 10.9. The number of thioether (sulfide) groups is 1. The van der Waals surface area contributed by atoms with Crippen LogP contribution >= 0.6 is 11.8 Å². The van der Waals surface area contributed by atoms with E-state index in [4.69, 9.17) is 10.2 Å². The SMILES string of the molecule is CC(C)(C)SC1(C(=O)O)CC(O)C1. The minimum atomic E-state index is -0.794. The molecule has 0 aromatic rings. The molecule has 1 aliphatic carbocycles. The lowest BCUT2D eigenvalue weighted by Gasteiger charge is -2.44. The van der Waals surface area contributed by atoms with Gasteiger partial charge in [-0.2, -0.15) is 0 Å². The minimum absolute atomic E-state index is 0.0709. The van der Waals surface area contributed by atoms with Crippen LogP contribution in [0.2, 0.25) is 0 Å². The van der Waals surface area contributed by atoms with Crippen LogP contribution in [0.1, 0.15) is 33.6 Å². The maximum atomic E-state index is 11.0. The lowest BCUT2D eigenvalue weighted by Crippen LogP contribution is -2.52. The van der Waals surface area contributed by atoms with Crippen LogP contribution in [-0.2, 0) is 4.79 Å². The molecule has 1 fully saturated rings. The smallest absolute Gasteiger partial charge is 0.319 e. The van der Waals surface area contributed by atoms with Crippen LogP contribution in [0, 0.1) is 0 Å². The van der Waals surface area contributed by atoms with Gasteiger partial charge in [0.15, 0.2) is 0 Å². The van der Waals surface area contributed by atoms with Gasteiger partial charge in [0.25, 0.3) is 0 Å². The van der Waals surface area contributed by atoms with Gasteiger partial charge in [-0.05, 0) is 12.8 Å². The molecule has 1 saturated carbocycles. The van der Waals surface area contributed by atoms with Gasteiger partial charge < -0.3 is 10.2 Å². The van der Waals surface area contributed by atoms with E-state index in [2.05, 4.69) is 0 Å². The van der Waals surface area contributed by atoms with Crippen molar-refractivity contribution in [3.8, 4) is 0 Å². The van der Waals surface area contributed by atoms with Crippen LogP contribution in [0.4, 0.5) is 0 Å². The normalized spacial score (nSPS) is 34.0. The van der Waals surface area contributed by atoms with Gasteiger partial charge in [0.05, 0.1) is 6.10 Å². The van der Waals surface area contributed by atoms with Gasteiger partial charge >= 0.3 is 5.97 Å². The summed E-state index contributed by atoms with van der Waals surface area (Å²) in [5, 5.41) is 18.2. The van der Waals surface area contributed by atoms with Crippen LogP contribution in [-0.4, -0.2) is 31.8 Å². The van der Waals surface area contributed by atoms with Crippen molar-refractivity contribution in [1.29, 1.82) is 0 Å². The van der Waals surface area contributed by atoms with Crippen molar-refractivity contribution in [2.75, 3.05) is 0 Å². The summed E-state index contributed by atoms with van der Waals surface area (Å²) in [6, 6.07) is 0. The van der Waals surface area contributed by atoms with Gasteiger partial charge in [-0.3, -0.25) is 4.79 Å². The van der Waals surface area contributed by atoms with E-state index in [1.165, 1.54) is 11.8 Å². The third-order valence-electron chi connectivity index (χ3n) is 2.02. The number of carboxylic acids is 1. The molecule has 1 aliphatic rings. The number of aliphatic hydroxyl groups excluding tert-OH is 1. The fraction of sp³-hybridized carbons (Fsp3) is 0.889. The van der Waals surface area contributed by atoms with E-state index in [-0.39, 0.29) is 4.75 Å². The first-order valence-electron chi connectivity index (χ1n) is 4.37. The van der Waals surface area contributed by atoms with Crippen LogP contribution in [0.3, 0.4) is 0 Å². The number of aliphatic carboxylic acids is 1. The van der Waals surface area contributed by atoms with E-state index >= 15 is 0 Å². The average Bonchev–Trinajstić information content (AvgIpc) is 1.79. The standard InChI is InChI=1S/C9H16O3S/c1-8(2,3)13-9(7(11)12)4-6(10)5-9/h6,10H,4-5H2,1-3H3,(H,11,12). The number of carboxylic acid groups (broad SMARTS) is 1. The lowest BCUT2D eigenvalue weighted by atomic mass is 9.81. The molecule has 1 rings (SSSR count). The summed E-state index contributed by atoms with van der Waals surface area (Å²) in [4.78, 5) is 11.0. The highest BCUT2D eigenvalue weighted by Crippen LogP contribution is 2.49. The Morgan fingerprint density at radius 1 is 1.46 bits per heavy atom. The molecule has 0 aliphatic heterocycles. The highest BCUT2D eigenvalue weighted by Gasteiger charge is 2.52. The van der Waals surface area contributed by atoms with E-state index in [9.17, 15) is 4.79 Å². The van der Waals surface area contributed by atoms with E-state index < -0.39 is 16.8 Å². The largest absolute Gasteiger partial charge is 0.480 e. The van der Waals surface area contributed by atoms with Crippen LogP contribution in [0.25, 0.3) is 0 Å². The minimum Gasteiger partial charge on any atom is -0.480 e. The molecule has 13 heavy (non-hydrogen) atoms. The Kier molecular flexibility index (Phi) is 2.65. The van der Waals surface area contributed by atoms with Gasteiger partial charge in [0.2, 0.25) is 0 Å². The summed E-state index contributed by atoms with van der Waals surface area (Å²) < 4.78 is -0.809. The molecule has 0 spiro atoms. The molecule has 0 saturated heterocycles. The topological polar surface area (TPSA) is 57.5 Å². The second-order valence-electron chi connectivity index (χ2n) is 4.58. The zero-order valence-electron chi connectivity index (χ0n) is 8.20. The first-order chi connectivity index (χ1) is 5.75. The molecule has 0 heterocycles. The first-order valence-corrected chi connectivity index (χ1v) is 5.18. The Morgan fingerprint density at radius 2 is 1.92 bits per heavy atom. The number of hydrogen-bond acceptors (Lipinski definition) is 3. The Bertz CT molecular complexity index is 213. The van der Waals surface area contributed by atoms with Crippen molar-refractivity contribution in [3.05, 3.63) is 0 Å². The monoisotopic (exact) mass is 204 g/mol. The fourth-order valence-corrected chi connectivity index (χ4v) is 3.40. The molecule has 76 valence electrons. The van der Waals surface area contributed by atoms with E-state index in [1.807, 2.05) is 20.8 Å². The molecular formula is C9H16O3S. The number of rotatable bonds is 2. The molecular weight excluding hydrogens is 188 g/mol. The third kappa shape index (κ3) is 2.38. The molecule has 0 bridgehead atoms. The van der Waals surface area contributed by atoms with E-state index in [0.717, 1.165) is 0 Å². The van der Waals surface area contributed by atoms with Crippen LogP contribution < -0.4 is 0 Å². The van der Waals surface area contributed by atoms with E-state index in [0.29, 0.717) is 12.8 Å². The maximum absolute atomic E-state index is 11.0. The predicted octanol–water partition coefficient (Wildman–Crippen LogP) is 1.50. The molecule has 0 radical (unpaired) electrons.